The summed E-state index contributed by atoms with van der Waals surface area (Å²) in [5.41, 5.74) is 10.4. The highest BCUT2D eigenvalue weighted by atomic mass is 16.1. The molecule has 0 saturated carbocycles. The second-order valence-electron chi connectivity index (χ2n) is 4.73. The van der Waals surface area contributed by atoms with Gasteiger partial charge in [0.1, 0.15) is 0 Å². The number of anilines is 2. The van der Waals surface area contributed by atoms with E-state index in [0.29, 0.717) is 17.8 Å². The zero-order valence-electron chi connectivity index (χ0n) is 11.2. The summed E-state index contributed by atoms with van der Waals surface area (Å²) in [6.07, 6.45) is 0.354. The van der Waals surface area contributed by atoms with Crippen LogP contribution in [-0.4, -0.2) is 5.91 Å². The van der Waals surface area contributed by atoms with Gasteiger partial charge >= 0.3 is 0 Å². The summed E-state index contributed by atoms with van der Waals surface area (Å²) in [6, 6.07) is 13.4. The van der Waals surface area contributed by atoms with Crippen molar-refractivity contribution in [3.05, 3.63) is 59.2 Å². The van der Waals surface area contributed by atoms with Crippen LogP contribution in [0.15, 0.2) is 42.5 Å². The molecule has 2 rings (SSSR count). The highest BCUT2D eigenvalue weighted by Crippen LogP contribution is 2.23. The van der Waals surface area contributed by atoms with Crippen LogP contribution in [0.25, 0.3) is 0 Å². The van der Waals surface area contributed by atoms with E-state index in [-0.39, 0.29) is 5.91 Å². The minimum absolute atomic E-state index is 0.0545. The van der Waals surface area contributed by atoms with Crippen LogP contribution < -0.4 is 11.1 Å². The third-order valence-corrected chi connectivity index (χ3v) is 3.15. The molecule has 1 amide bonds. The van der Waals surface area contributed by atoms with Crippen molar-refractivity contribution >= 4 is 17.3 Å². The molecule has 98 valence electrons. The maximum absolute atomic E-state index is 12.0. The number of nitrogen functional groups attached to an aromatic ring is 1. The summed E-state index contributed by atoms with van der Waals surface area (Å²) in [6.45, 7) is 4.00. The summed E-state index contributed by atoms with van der Waals surface area (Å²) in [5, 5.41) is 2.86. The van der Waals surface area contributed by atoms with Gasteiger partial charge in [0.15, 0.2) is 0 Å². The molecule has 0 bridgehead atoms. The average molecular weight is 254 g/mol. The Hall–Kier alpha value is -2.29. The lowest BCUT2D eigenvalue weighted by Crippen LogP contribution is -2.15. The zero-order chi connectivity index (χ0) is 13.8. The predicted octanol–water partition coefficient (Wildman–Crippen LogP) is 3.07. The quantitative estimate of drug-likeness (QED) is 0.827. The topological polar surface area (TPSA) is 55.1 Å². The van der Waals surface area contributed by atoms with Gasteiger partial charge in [0, 0.05) is 0 Å². The Kier molecular flexibility index (Phi) is 3.85. The fourth-order valence-electron chi connectivity index (χ4n) is 1.92. The van der Waals surface area contributed by atoms with E-state index >= 15 is 0 Å². The fourth-order valence-corrected chi connectivity index (χ4v) is 1.92. The molecule has 0 saturated heterocycles. The molecule has 0 aromatic heterocycles. The minimum Gasteiger partial charge on any atom is -0.397 e. The maximum atomic E-state index is 12.0. The van der Waals surface area contributed by atoms with Crippen LogP contribution in [0.5, 0.6) is 0 Å². The number of nitrogens with one attached hydrogen (secondary N) is 1. The van der Waals surface area contributed by atoms with Crippen molar-refractivity contribution in [3.63, 3.8) is 0 Å². The molecular weight excluding hydrogens is 236 g/mol. The summed E-state index contributed by atoms with van der Waals surface area (Å²) < 4.78 is 0. The molecule has 3 N–H and O–H groups in total. The van der Waals surface area contributed by atoms with Crippen molar-refractivity contribution in [1.82, 2.24) is 0 Å². The molecule has 0 heterocycles. The first-order chi connectivity index (χ1) is 9.06. The van der Waals surface area contributed by atoms with E-state index in [1.165, 1.54) is 0 Å². The Balaban J connectivity index is 2.09. The molecule has 19 heavy (non-hydrogen) atoms. The van der Waals surface area contributed by atoms with Crippen LogP contribution in [0.3, 0.4) is 0 Å². The number of benzene rings is 2. The molecule has 0 fully saturated rings. The summed E-state index contributed by atoms with van der Waals surface area (Å²) in [7, 11) is 0. The number of rotatable bonds is 3. The maximum Gasteiger partial charge on any atom is 0.228 e. The molecule has 3 heteroatoms. The van der Waals surface area contributed by atoms with Gasteiger partial charge in [-0.3, -0.25) is 4.79 Å². The summed E-state index contributed by atoms with van der Waals surface area (Å²) in [5.74, 6) is -0.0545. The van der Waals surface area contributed by atoms with Crippen molar-refractivity contribution in [1.29, 1.82) is 0 Å². The van der Waals surface area contributed by atoms with Crippen molar-refractivity contribution in [2.45, 2.75) is 20.3 Å². The molecule has 0 aliphatic heterocycles. The standard InChI is InChI=1S/C16H18N2O/c1-11-8-14(17)15(9-12(11)2)18-16(19)10-13-6-4-3-5-7-13/h3-9H,10,17H2,1-2H3,(H,18,19). The van der Waals surface area contributed by atoms with Crippen LogP contribution in [0.2, 0.25) is 0 Å². The van der Waals surface area contributed by atoms with E-state index in [4.69, 9.17) is 5.73 Å². The lowest BCUT2D eigenvalue weighted by molar-refractivity contribution is -0.115. The van der Waals surface area contributed by atoms with E-state index in [0.717, 1.165) is 16.7 Å². The second-order valence-corrected chi connectivity index (χ2v) is 4.73. The molecule has 2 aromatic rings. The number of carbonyl (C=O) groups is 1. The molecule has 2 aromatic carbocycles. The molecular formula is C16H18N2O. The third-order valence-electron chi connectivity index (χ3n) is 3.15. The van der Waals surface area contributed by atoms with Crippen LogP contribution in [0.4, 0.5) is 11.4 Å². The van der Waals surface area contributed by atoms with Gasteiger partial charge in [-0.2, -0.15) is 0 Å². The van der Waals surface area contributed by atoms with Crippen molar-refractivity contribution in [2.75, 3.05) is 11.1 Å². The first-order valence-electron chi connectivity index (χ1n) is 6.27. The van der Waals surface area contributed by atoms with Crippen LogP contribution in [0, 0.1) is 13.8 Å². The van der Waals surface area contributed by atoms with Crippen molar-refractivity contribution < 1.29 is 4.79 Å². The Morgan fingerprint density at radius 1 is 1.11 bits per heavy atom. The molecule has 0 atom stereocenters. The SMILES string of the molecule is Cc1cc(N)c(NC(=O)Cc2ccccc2)cc1C. The van der Waals surface area contributed by atoms with E-state index in [1.54, 1.807) is 0 Å². The van der Waals surface area contributed by atoms with Crippen molar-refractivity contribution in [3.8, 4) is 0 Å². The first-order valence-corrected chi connectivity index (χ1v) is 6.27. The normalized spacial score (nSPS) is 10.2. The molecule has 0 spiro atoms. The number of hydrogen-bond donors (Lipinski definition) is 2. The largest absolute Gasteiger partial charge is 0.397 e. The lowest BCUT2D eigenvalue weighted by atomic mass is 10.1. The summed E-state index contributed by atoms with van der Waals surface area (Å²) >= 11 is 0. The first kappa shape index (κ1) is 13.1. The van der Waals surface area contributed by atoms with E-state index < -0.39 is 0 Å². The lowest BCUT2D eigenvalue weighted by Gasteiger charge is -2.11. The van der Waals surface area contributed by atoms with Gasteiger partial charge in [-0.1, -0.05) is 30.3 Å². The van der Waals surface area contributed by atoms with Gasteiger partial charge in [0.25, 0.3) is 0 Å². The molecule has 0 aliphatic carbocycles. The number of nitrogens with two attached hydrogens (primary N) is 1. The fraction of sp³-hybridized carbons (Fsp3) is 0.188. The van der Waals surface area contributed by atoms with Gasteiger partial charge in [-0.05, 0) is 42.7 Å². The molecule has 0 unspecified atom stereocenters. The Morgan fingerprint density at radius 2 is 1.74 bits per heavy atom. The highest BCUT2D eigenvalue weighted by Gasteiger charge is 2.07. The van der Waals surface area contributed by atoms with Crippen molar-refractivity contribution in [2.24, 2.45) is 0 Å². The Morgan fingerprint density at radius 3 is 2.42 bits per heavy atom. The Labute approximate surface area is 113 Å². The number of carbonyl (C=O) groups excluding carboxylic acids is 1. The van der Waals surface area contributed by atoms with Gasteiger partial charge in [0.2, 0.25) is 5.91 Å². The molecule has 0 radical (unpaired) electrons. The molecule has 3 nitrogen and oxygen atoms in total. The van der Waals surface area contributed by atoms with Gasteiger partial charge in [-0.25, -0.2) is 0 Å². The average Bonchev–Trinajstić information content (AvgIpc) is 2.37. The third kappa shape index (κ3) is 3.35. The van der Waals surface area contributed by atoms with Gasteiger partial charge in [0.05, 0.1) is 17.8 Å². The number of aryl methyl sites for hydroxylation is 2. The minimum atomic E-state index is -0.0545. The predicted molar refractivity (Wildman–Crippen MR) is 79.1 cm³/mol. The molecule has 0 aliphatic rings. The van der Waals surface area contributed by atoms with Crippen LogP contribution in [0.1, 0.15) is 16.7 Å². The highest BCUT2D eigenvalue weighted by molar-refractivity contribution is 5.95. The second kappa shape index (κ2) is 5.57. The van der Waals surface area contributed by atoms with E-state index in [1.807, 2.05) is 56.3 Å². The van der Waals surface area contributed by atoms with Gasteiger partial charge in [-0.15, -0.1) is 0 Å². The summed E-state index contributed by atoms with van der Waals surface area (Å²) in [4.78, 5) is 12.0. The van der Waals surface area contributed by atoms with Gasteiger partial charge < -0.3 is 11.1 Å². The van der Waals surface area contributed by atoms with E-state index in [2.05, 4.69) is 5.32 Å². The zero-order valence-corrected chi connectivity index (χ0v) is 11.2. The number of hydrogen-bond acceptors (Lipinski definition) is 2. The monoisotopic (exact) mass is 254 g/mol. The van der Waals surface area contributed by atoms with E-state index in [9.17, 15) is 4.79 Å². The Bertz CT molecular complexity index is 591. The van der Waals surface area contributed by atoms with Crippen LogP contribution in [-0.2, 0) is 11.2 Å². The van der Waals surface area contributed by atoms with Crippen LogP contribution >= 0.6 is 0 Å². The smallest absolute Gasteiger partial charge is 0.228 e. The number of amides is 1.